The summed E-state index contributed by atoms with van der Waals surface area (Å²) < 4.78 is 0. The van der Waals surface area contributed by atoms with Gasteiger partial charge in [-0.1, -0.05) is 6.42 Å². The first-order valence-corrected chi connectivity index (χ1v) is 8.07. The summed E-state index contributed by atoms with van der Waals surface area (Å²) >= 11 is 1.01. The predicted molar refractivity (Wildman–Crippen MR) is 75.5 cm³/mol. The number of hydrogen-bond acceptors (Lipinski definition) is 5. The lowest BCUT2D eigenvalue weighted by molar-refractivity contribution is -0.140. The summed E-state index contributed by atoms with van der Waals surface area (Å²) in [5.41, 5.74) is 0. The minimum atomic E-state index is -0.965. The number of nitrogens with zero attached hydrogens (tertiary/aromatic N) is 1. The van der Waals surface area contributed by atoms with Gasteiger partial charge in [-0.2, -0.15) is 0 Å². The smallest absolute Gasteiger partial charge is 0.313 e. The van der Waals surface area contributed by atoms with Crippen molar-refractivity contribution >= 4 is 35.5 Å². The maximum atomic E-state index is 12.0. The number of nitrogens with one attached hydrogen (secondary N) is 1. The summed E-state index contributed by atoms with van der Waals surface area (Å²) in [5, 5.41) is 11.0. The highest BCUT2D eigenvalue weighted by atomic mass is 32.2. The Bertz CT molecular complexity index is 445. The SMILES string of the molecule is O=C(O)CSCC(=O)NCCN1C(=O)[C@H]2CCC[C@H]2C1=O. The van der Waals surface area contributed by atoms with E-state index in [1.165, 1.54) is 4.90 Å². The van der Waals surface area contributed by atoms with Crippen LogP contribution >= 0.6 is 11.8 Å². The van der Waals surface area contributed by atoms with Crippen LogP contribution in [0.3, 0.4) is 0 Å². The van der Waals surface area contributed by atoms with E-state index >= 15 is 0 Å². The van der Waals surface area contributed by atoms with Crippen LogP contribution in [-0.4, -0.2) is 58.3 Å². The molecule has 1 saturated carbocycles. The number of thioether (sulfide) groups is 1. The number of amides is 3. The minimum absolute atomic E-state index is 0.0550. The molecule has 116 valence electrons. The molecule has 1 aliphatic carbocycles. The number of hydrogen-bond donors (Lipinski definition) is 2. The second-order valence-electron chi connectivity index (χ2n) is 5.21. The Labute approximate surface area is 126 Å². The Morgan fingerprint density at radius 2 is 1.81 bits per heavy atom. The zero-order chi connectivity index (χ0) is 15.4. The first kappa shape index (κ1) is 15.8. The summed E-state index contributed by atoms with van der Waals surface area (Å²) in [7, 11) is 0. The molecule has 1 saturated heterocycles. The highest BCUT2D eigenvalue weighted by Crippen LogP contribution is 2.39. The van der Waals surface area contributed by atoms with E-state index in [1.807, 2.05) is 0 Å². The highest BCUT2D eigenvalue weighted by Gasteiger charge is 2.49. The number of carboxylic acids is 1. The van der Waals surface area contributed by atoms with Gasteiger partial charge in [0, 0.05) is 13.1 Å². The molecule has 7 nitrogen and oxygen atoms in total. The Hall–Kier alpha value is -1.57. The van der Waals surface area contributed by atoms with Crippen molar-refractivity contribution in [1.29, 1.82) is 0 Å². The third kappa shape index (κ3) is 3.75. The molecule has 2 atom stereocenters. The van der Waals surface area contributed by atoms with Crippen LogP contribution in [-0.2, 0) is 19.2 Å². The number of carbonyl (C=O) groups excluding carboxylic acids is 3. The summed E-state index contributed by atoms with van der Waals surface area (Å²) in [6.07, 6.45) is 2.49. The zero-order valence-electron chi connectivity index (χ0n) is 11.5. The van der Waals surface area contributed by atoms with E-state index in [2.05, 4.69) is 5.32 Å². The van der Waals surface area contributed by atoms with Gasteiger partial charge in [0.15, 0.2) is 0 Å². The molecule has 0 aromatic rings. The number of carbonyl (C=O) groups is 4. The van der Waals surface area contributed by atoms with E-state index in [0.29, 0.717) is 0 Å². The third-order valence-corrected chi connectivity index (χ3v) is 4.72. The molecule has 0 aromatic heterocycles. The lowest BCUT2D eigenvalue weighted by atomic mass is 10.00. The maximum absolute atomic E-state index is 12.0. The van der Waals surface area contributed by atoms with E-state index in [4.69, 9.17) is 5.11 Å². The lowest BCUT2D eigenvalue weighted by Crippen LogP contribution is -2.39. The summed E-state index contributed by atoms with van der Waals surface area (Å²) in [6, 6.07) is 0. The molecular weight excluding hydrogens is 296 g/mol. The Morgan fingerprint density at radius 3 is 2.38 bits per heavy atom. The molecule has 0 unspecified atom stereocenters. The Kier molecular flexibility index (Phi) is 5.22. The van der Waals surface area contributed by atoms with Gasteiger partial charge in [-0.25, -0.2) is 0 Å². The molecule has 21 heavy (non-hydrogen) atoms. The number of fused-ring (bicyclic) bond motifs is 1. The number of aliphatic carboxylic acids is 1. The van der Waals surface area contributed by atoms with Gasteiger partial charge in [-0.15, -0.1) is 11.8 Å². The summed E-state index contributed by atoms with van der Waals surface area (Å²) in [4.78, 5) is 47.1. The van der Waals surface area contributed by atoms with Crippen LogP contribution in [0.5, 0.6) is 0 Å². The van der Waals surface area contributed by atoms with Crippen molar-refractivity contribution in [2.75, 3.05) is 24.6 Å². The fourth-order valence-electron chi connectivity index (χ4n) is 2.87. The molecule has 0 spiro atoms. The van der Waals surface area contributed by atoms with Crippen LogP contribution in [0.15, 0.2) is 0 Å². The minimum Gasteiger partial charge on any atom is -0.481 e. The third-order valence-electron chi connectivity index (χ3n) is 3.80. The van der Waals surface area contributed by atoms with Crippen molar-refractivity contribution in [2.24, 2.45) is 11.8 Å². The zero-order valence-corrected chi connectivity index (χ0v) is 12.4. The van der Waals surface area contributed by atoms with Crippen LogP contribution in [0.4, 0.5) is 0 Å². The van der Waals surface area contributed by atoms with Crippen LogP contribution in [0.1, 0.15) is 19.3 Å². The van der Waals surface area contributed by atoms with Crippen LogP contribution in [0, 0.1) is 11.8 Å². The second kappa shape index (κ2) is 6.93. The molecule has 3 amide bonds. The van der Waals surface area contributed by atoms with Gasteiger partial charge in [0.25, 0.3) is 0 Å². The standard InChI is InChI=1S/C13H18N2O5S/c16-10(6-21-7-11(17)18)14-4-5-15-12(19)8-2-1-3-9(8)13(15)20/h8-9H,1-7H2,(H,14,16)(H,17,18)/t8-,9+. The number of likely N-dealkylation sites (tertiary alicyclic amines) is 1. The molecule has 1 heterocycles. The average Bonchev–Trinajstić information content (AvgIpc) is 2.97. The van der Waals surface area contributed by atoms with Crippen molar-refractivity contribution in [2.45, 2.75) is 19.3 Å². The molecule has 0 bridgehead atoms. The van der Waals surface area contributed by atoms with Gasteiger partial charge in [0.2, 0.25) is 17.7 Å². The van der Waals surface area contributed by atoms with Gasteiger partial charge in [-0.3, -0.25) is 24.1 Å². The molecule has 2 N–H and O–H groups in total. The fourth-order valence-corrected chi connectivity index (χ4v) is 3.43. The lowest BCUT2D eigenvalue weighted by Gasteiger charge is -2.16. The highest BCUT2D eigenvalue weighted by molar-refractivity contribution is 8.00. The summed E-state index contributed by atoms with van der Waals surface area (Å²) in [5.74, 6) is -1.86. The number of rotatable bonds is 7. The van der Waals surface area contributed by atoms with Crippen LogP contribution < -0.4 is 5.32 Å². The van der Waals surface area contributed by atoms with E-state index in [0.717, 1.165) is 31.0 Å². The molecule has 2 aliphatic rings. The van der Waals surface area contributed by atoms with Crippen molar-refractivity contribution in [1.82, 2.24) is 10.2 Å². The normalized spacial score (nSPS) is 24.3. The van der Waals surface area contributed by atoms with Gasteiger partial charge in [-0.05, 0) is 12.8 Å². The summed E-state index contributed by atoms with van der Waals surface area (Å²) in [6.45, 7) is 0.406. The molecule has 8 heteroatoms. The van der Waals surface area contributed by atoms with Crippen LogP contribution in [0.2, 0.25) is 0 Å². The molecule has 2 fully saturated rings. The van der Waals surface area contributed by atoms with E-state index in [1.54, 1.807) is 0 Å². The van der Waals surface area contributed by atoms with Crippen LogP contribution in [0.25, 0.3) is 0 Å². The number of imide groups is 1. The van der Waals surface area contributed by atoms with Crippen molar-refractivity contribution in [3.05, 3.63) is 0 Å². The Morgan fingerprint density at radius 1 is 1.19 bits per heavy atom. The largest absolute Gasteiger partial charge is 0.481 e. The van der Waals surface area contributed by atoms with Gasteiger partial charge in [0.05, 0.1) is 23.3 Å². The van der Waals surface area contributed by atoms with Crippen molar-refractivity contribution in [3.63, 3.8) is 0 Å². The Balaban J connectivity index is 1.69. The van der Waals surface area contributed by atoms with Crippen molar-refractivity contribution < 1.29 is 24.3 Å². The van der Waals surface area contributed by atoms with Gasteiger partial charge < -0.3 is 10.4 Å². The quantitative estimate of drug-likeness (QED) is 0.626. The fraction of sp³-hybridized carbons (Fsp3) is 0.692. The molecule has 0 radical (unpaired) electrons. The second-order valence-corrected chi connectivity index (χ2v) is 6.19. The first-order valence-electron chi connectivity index (χ1n) is 6.92. The first-order chi connectivity index (χ1) is 10.0. The van der Waals surface area contributed by atoms with E-state index in [9.17, 15) is 19.2 Å². The van der Waals surface area contributed by atoms with Gasteiger partial charge in [0.1, 0.15) is 0 Å². The molecule has 0 aromatic carbocycles. The molecular formula is C13H18N2O5S. The monoisotopic (exact) mass is 314 g/mol. The van der Waals surface area contributed by atoms with Gasteiger partial charge >= 0.3 is 5.97 Å². The average molecular weight is 314 g/mol. The topological polar surface area (TPSA) is 104 Å². The number of carboxylic acid groups (broad SMARTS) is 1. The van der Waals surface area contributed by atoms with E-state index < -0.39 is 5.97 Å². The molecule has 1 aliphatic heterocycles. The molecule has 2 rings (SSSR count). The van der Waals surface area contributed by atoms with Crippen molar-refractivity contribution in [3.8, 4) is 0 Å². The predicted octanol–water partition coefficient (Wildman–Crippen LogP) is -0.295. The van der Waals surface area contributed by atoms with E-state index in [-0.39, 0.29) is 54.2 Å². The maximum Gasteiger partial charge on any atom is 0.313 e.